The number of nitrogens with zero attached hydrogens (tertiary/aromatic N) is 1. The van der Waals surface area contributed by atoms with Crippen LogP contribution in [0.15, 0.2) is 24.3 Å². The van der Waals surface area contributed by atoms with Crippen molar-refractivity contribution in [3.8, 4) is 0 Å². The summed E-state index contributed by atoms with van der Waals surface area (Å²) in [5.74, 6) is -2.40. The fourth-order valence-electron chi connectivity index (χ4n) is 4.04. The first kappa shape index (κ1) is 21.0. The van der Waals surface area contributed by atoms with E-state index in [2.05, 4.69) is 5.32 Å². The Balaban J connectivity index is 1.54. The van der Waals surface area contributed by atoms with Crippen molar-refractivity contribution in [3.63, 3.8) is 0 Å². The molecule has 0 bridgehead atoms. The van der Waals surface area contributed by atoms with Gasteiger partial charge in [0.25, 0.3) is 5.91 Å². The van der Waals surface area contributed by atoms with Gasteiger partial charge in [0.15, 0.2) is 6.10 Å². The molecule has 1 aromatic carbocycles. The number of amides is 3. The quantitative estimate of drug-likeness (QED) is 0.583. The predicted molar refractivity (Wildman–Crippen MR) is 105 cm³/mol. The van der Waals surface area contributed by atoms with Crippen LogP contribution in [0.1, 0.15) is 50.7 Å². The van der Waals surface area contributed by atoms with E-state index in [0.29, 0.717) is 19.4 Å². The van der Waals surface area contributed by atoms with Crippen LogP contribution in [-0.2, 0) is 30.5 Å². The van der Waals surface area contributed by atoms with Crippen molar-refractivity contribution in [2.75, 3.05) is 0 Å². The second-order valence-electron chi connectivity index (χ2n) is 8.00. The summed E-state index contributed by atoms with van der Waals surface area (Å²) in [5, 5.41) is 2.73. The Labute approximate surface area is 170 Å². The fourth-order valence-corrected chi connectivity index (χ4v) is 4.04. The number of benzene rings is 1. The number of aryl methyl sites for hydroxylation is 1. The molecule has 2 aliphatic rings. The van der Waals surface area contributed by atoms with Crippen molar-refractivity contribution in [2.24, 2.45) is 11.8 Å². The Bertz CT molecular complexity index is 780. The lowest BCUT2D eigenvalue weighted by Crippen LogP contribution is -2.46. The maximum atomic E-state index is 12.6. The zero-order chi connectivity index (χ0) is 21.1. The van der Waals surface area contributed by atoms with Gasteiger partial charge >= 0.3 is 5.97 Å². The molecule has 1 N–H and O–H groups in total. The molecule has 2 fully saturated rings. The van der Waals surface area contributed by atoms with Crippen molar-refractivity contribution < 1.29 is 23.9 Å². The van der Waals surface area contributed by atoms with Crippen LogP contribution in [0.4, 0.5) is 0 Å². The number of imide groups is 1. The summed E-state index contributed by atoms with van der Waals surface area (Å²) in [6, 6.07) is 6.70. The van der Waals surface area contributed by atoms with Gasteiger partial charge in [0, 0.05) is 6.54 Å². The number of nitrogens with one attached hydrogen (secondary N) is 1. The third-order valence-electron chi connectivity index (χ3n) is 5.85. The minimum atomic E-state index is -1.03. The molecule has 1 aromatic rings. The molecule has 29 heavy (non-hydrogen) atoms. The SMILES string of the molecule is Cc1ccc(CNC(=O)[C@H](C)OC(=O)[C@H](C)N2C(=O)[C@H]3CCCC[C@H]3C2=O)cc1. The molecule has 1 saturated carbocycles. The highest BCUT2D eigenvalue weighted by molar-refractivity contribution is 6.07. The molecular formula is C22H28N2O5. The first-order chi connectivity index (χ1) is 13.8. The van der Waals surface area contributed by atoms with E-state index in [4.69, 9.17) is 4.74 Å². The lowest BCUT2D eigenvalue weighted by atomic mass is 9.81. The van der Waals surface area contributed by atoms with E-state index >= 15 is 0 Å². The van der Waals surface area contributed by atoms with Gasteiger partial charge in [0.2, 0.25) is 11.8 Å². The van der Waals surface area contributed by atoms with Gasteiger partial charge in [-0.3, -0.25) is 19.3 Å². The number of ether oxygens (including phenoxy) is 1. The van der Waals surface area contributed by atoms with Gasteiger partial charge in [0.05, 0.1) is 11.8 Å². The largest absolute Gasteiger partial charge is 0.451 e. The Morgan fingerprint density at radius 1 is 1.07 bits per heavy atom. The molecule has 4 atom stereocenters. The van der Waals surface area contributed by atoms with Gasteiger partial charge in [-0.15, -0.1) is 0 Å². The molecule has 1 heterocycles. The number of esters is 1. The average molecular weight is 400 g/mol. The van der Waals surface area contributed by atoms with E-state index in [1.807, 2.05) is 31.2 Å². The van der Waals surface area contributed by atoms with Crippen molar-refractivity contribution in [2.45, 2.75) is 65.1 Å². The molecule has 0 radical (unpaired) electrons. The van der Waals surface area contributed by atoms with Gasteiger partial charge in [-0.25, -0.2) is 4.79 Å². The van der Waals surface area contributed by atoms with Crippen LogP contribution >= 0.6 is 0 Å². The third kappa shape index (κ3) is 4.49. The van der Waals surface area contributed by atoms with Gasteiger partial charge in [-0.1, -0.05) is 42.7 Å². The Morgan fingerprint density at radius 3 is 2.17 bits per heavy atom. The zero-order valence-electron chi connectivity index (χ0n) is 17.1. The van der Waals surface area contributed by atoms with Gasteiger partial charge in [0.1, 0.15) is 6.04 Å². The molecule has 0 spiro atoms. The fraction of sp³-hybridized carbons (Fsp3) is 0.545. The minimum absolute atomic E-state index is 0.291. The normalized spacial score (nSPS) is 23.3. The van der Waals surface area contributed by atoms with Gasteiger partial charge in [-0.05, 0) is 39.2 Å². The lowest BCUT2D eigenvalue weighted by Gasteiger charge is -2.23. The van der Waals surface area contributed by atoms with Crippen molar-refractivity contribution in [3.05, 3.63) is 35.4 Å². The second kappa shape index (κ2) is 8.76. The Morgan fingerprint density at radius 2 is 1.62 bits per heavy atom. The molecular weight excluding hydrogens is 372 g/mol. The Hall–Kier alpha value is -2.70. The van der Waals surface area contributed by atoms with E-state index < -0.39 is 24.0 Å². The van der Waals surface area contributed by atoms with Gasteiger partial charge in [-0.2, -0.15) is 0 Å². The minimum Gasteiger partial charge on any atom is -0.451 e. The molecule has 1 saturated heterocycles. The van der Waals surface area contributed by atoms with Crippen LogP contribution < -0.4 is 5.32 Å². The average Bonchev–Trinajstić information content (AvgIpc) is 2.97. The number of rotatable bonds is 6. The third-order valence-corrected chi connectivity index (χ3v) is 5.85. The second-order valence-corrected chi connectivity index (χ2v) is 8.00. The van der Waals surface area contributed by atoms with Crippen LogP contribution in [0.2, 0.25) is 0 Å². The standard InChI is InChI=1S/C22H28N2O5/c1-13-8-10-16(11-9-13)12-23-19(25)15(3)29-22(28)14(2)24-20(26)17-6-4-5-7-18(17)21(24)27/h8-11,14-15,17-18H,4-7,12H2,1-3H3,(H,23,25)/t14-,15-,17-,18+/m0/s1. The summed E-state index contributed by atoms with van der Waals surface area (Å²) < 4.78 is 5.25. The van der Waals surface area contributed by atoms with Crippen LogP contribution in [0.25, 0.3) is 0 Å². The monoisotopic (exact) mass is 400 g/mol. The van der Waals surface area contributed by atoms with Crippen LogP contribution in [0, 0.1) is 18.8 Å². The van der Waals surface area contributed by atoms with E-state index in [0.717, 1.165) is 28.9 Å². The van der Waals surface area contributed by atoms with Crippen LogP contribution in [0.3, 0.4) is 0 Å². The molecule has 3 amide bonds. The topological polar surface area (TPSA) is 92.8 Å². The van der Waals surface area contributed by atoms with Crippen molar-refractivity contribution in [1.82, 2.24) is 10.2 Å². The molecule has 3 rings (SSSR count). The zero-order valence-corrected chi connectivity index (χ0v) is 17.1. The number of hydrogen-bond acceptors (Lipinski definition) is 5. The highest BCUT2D eigenvalue weighted by Crippen LogP contribution is 2.38. The van der Waals surface area contributed by atoms with Crippen LogP contribution in [-0.4, -0.2) is 40.7 Å². The molecule has 156 valence electrons. The molecule has 1 aliphatic heterocycles. The van der Waals surface area contributed by atoms with E-state index in [9.17, 15) is 19.2 Å². The molecule has 7 heteroatoms. The first-order valence-corrected chi connectivity index (χ1v) is 10.2. The summed E-state index contributed by atoms with van der Waals surface area (Å²) in [6.07, 6.45) is 2.19. The summed E-state index contributed by atoms with van der Waals surface area (Å²) >= 11 is 0. The number of hydrogen-bond donors (Lipinski definition) is 1. The number of fused-ring (bicyclic) bond motifs is 1. The highest BCUT2D eigenvalue weighted by Gasteiger charge is 2.51. The summed E-state index contributed by atoms with van der Waals surface area (Å²) in [5.41, 5.74) is 2.06. The lowest BCUT2D eigenvalue weighted by molar-refractivity contribution is -0.164. The highest BCUT2D eigenvalue weighted by atomic mass is 16.5. The molecule has 1 aliphatic carbocycles. The van der Waals surface area contributed by atoms with E-state index in [-0.39, 0.29) is 23.7 Å². The maximum absolute atomic E-state index is 12.6. The van der Waals surface area contributed by atoms with Crippen molar-refractivity contribution >= 4 is 23.7 Å². The van der Waals surface area contributed by atoms with E-state index in [1.54, 1.807) is 0 Å². The van der Waals surface area contributed by atoms with Gasteiger partial charge < -0.3 is 10.1 Å². The number of carbonyl (C=O) groups excluding carboxylic acids is 4. The summed E-state index contributed by atoms with van der Waals surface area (Å²) in [6.45, 7) is 5.26. The Kier molecular flexibility index (Phi) is 6.35. The molecule has 7 nitrogen and oxygen atoms in total. The predicted octanol–water partition coefficient (Wildman–Crippen LogP) is 2.11. The molecule has 0 aromatic heterocycles. The van der Waals surface area contributed by atoms with Crippen molar-refractivity contribution in [1.29, 1.82) is 0 Å². The number of likely N-dealkylation sites (tertiary alicyclic amines) is 1. The maximum Gasteiger partial charge on any atom is 0.329 e. The smallest absolute Gasteiger partial charge is 0.329 e. The first-order valence-electron chi connectivity index (χ1n) is 10.2. The van der Waals surface area contributed by atoms with Crippen LogP contribution in [0.5, 0.6) is 0 Å². The molecule has 0 unspecified atom stereocenters. The van der Waals surface area contributed by atoms with E-state index in [1.165, 1.54) is 13.8 Å². The summed E-state index contributed by atoms with van der Waals surface area (Å²) in [7, 11) is 0. The summed E-state index contributed by atoms with van der Waals surface area (Å²) in [4.78, 5) is 51.0. The number of carbonyl (C=O) groups is 4.